The smallest absolute Gasteiger partial charge is 0.191 e. The zero-order chi connectivity index (χ0) is 18.6. The number of aliphatic imine (C=N–C) groups is 1. The maximum atomic E-state index is 9.58. The normalized spacial score (nSPS) is 16.0. The fourth-order valence-corrected chi connectivity index (χ4v) is 3.07. The predicted octanol–water partition coefficient (Wildman–Crippen LogP) is 3.30. The van der Waals surface area contributed by atoms with Crippen LogP contribution in [0, 0.1) is 6.92 Å². The number of aryl methyl sites for hydroxylation is 1. The van der Waals surface area contributed by atoms with Crippen molar-refractivity contribution in [1.29, 1.82) is 0 Å². The van der Waals surface area contributed by atoms with Gasteiger partial charge in [-0.2, -0.15) is 0 Å². The van der Waals surface area contributed by atoms with E-state index >= 15 is 0 Å². The maximum absolute atomic E-state index is 9.58. The molecule has 0 bridgehead atoms. The fourth-order valence-electron chi connectivity index (χ4n) is 3.07. The number of likely N-dealkylation sites (tertiary alicyclic amines) is 1. The second-order valence-electron chi connectivity index (χ2n) is 7.28. The van der Waals surface area contributed by atoms with Crippen molar-refractivity contribution in [2.45, 2.75) is 58.6 Å². The molecule has 1 saturated heterocycles. The van der Waals surface area contributed by atoms with Crippen LogP contribution < -0.4 is 10.6 Å². The van der Waals surface area contributed by atoms with Crippen molar-refractivity contribution in [3.05, 3.63) is 35.4 Å². The van der Waals surface area contributed by atoms with Crippen LogP contribution in [-0.4, -0.2) is 54.8 Å². The summed E-state index contributed by atoms with van der Waals surface area (Å²) in [5.41, 5.74) is 2.52. The minimum atomic E-state index is -0.0901. The Balaban J connectivity index is 0.00000364. The molecule has 3 N–H and O–H groups in total. The Hall–Kier alpha value is -0.860. The number of hydrogen-bond donors (Lipinski definition) is 3. The van der Waals surface area contributed by atoms with E-state index in [0.29, 0.717) is 6.54 Å². The molecule has 0 aromatic heterocycles. The van der Waals surface area contributed by atoms with E-state index in [4.69, 9.17) is 4.99 Å². The lowest BCUT2D eigenvalue weighted by Gasteiger charge is -2.29. The van der Waals surface area contributed by atoms with E-state index in [-0.39, 0.29) is 30.1 Å². The molecular weight excluding hydrogens is 451 g/mol. The highest BCUT2D eigenvalue weighted by molar-refractivity contribution is 14.0. The quantitative estimate of drug-likeness (QED) is 0.216. The highest BCUT2D eigenvalue weighted by atomic mass is 127. The van der Waals surface area contributed by atoms with E-state index in [1.807, 2.05) is 0 Å². The lowest BCUT2D eigenvalue weighted by atomic mass is 10.1. The summed E-state index contributed by atoms with van der Waals surface area (Å²) < 4.78 is 0. The first-order valence-corrected chi connectivity index (χ1v) is 10.2. The van der Waals surface area contributed by atoms with Gasteiger partial charge in [-0.3, -0.25) is 0 Å². The highest BCUT2D eigenvalue weighted by Crippen LogP contribution is 2.09. The number of aliphatic hydroxyl groups is 1. The molecular formula is C21H37IN4O. The topological polar surface area (TPSA) is 59.9 Å². The largest absolute Gasteiger partial charge is 0.393 e. The Morgan fingerprint density at radius 2 is 1.74 bits per heavy atom. The summed E-state index contributed by atoms with van der Waals surface area (Å²) >= 11 is 0. The standard InChI is InChI=1S/C21H36N4O.HI/c1-3-4-12-22-21(24-17-19-8-6-18(2)7-9-19)23-13-5-14-25-15-10-20(26)11-16-25;/h6-9,20,26H,3-5,10-17H2,1-2H3,(H2,22,23,24);1H. The average molecular weight is 488 g/mol. The molecule has 6 heteroatoms. The number of benzene rings is 1. The molecule has 154 valence electrons. The Bertz CT molecular complexity index is 527. The Kier molecular flexibility index (Phi) is 12.7. The van der Waals surface area contributed by atoms with Crippen molar-refractivity contribution in [2.24, 2.45) is 4.99 Å². The van der Waals surface area contributed by atoms with Crippen LogP contribution in [0.1, 0.15) is 50.2 Å². The van der Waals surface area contributed by atoms with Gasteiger partial charge in [0.05, 0.1) is 12.6 Å². The first-order chi connectivity index (χ1) is 12.7. The molecule has 0 atom stereocenters. The van der Waals surface area contributed by atoms with Gasteiger partial charge >= 0.3 is 0 Å². The van der Waals surface area contributed by atoms with Crippen LogP contribution in [0.25, 0.3) is 0 Å². The van der Waals surface area contributed by atoms with Crippen molar-refractivity contribution in [3.63, 3.8) is 0 Å². The van der Waals surface area contributed by atoms with E-state index in [2.05, 4.69) is 53.6 Å². The van der Waals surface area contributed by atoms with E-state index in [0.717, 1.165) is 64.4 Å². The van der Waals surface area contributed by atoms with Crippen molar-refractivity contribution < 1.29 is 5.11 Å². The number of nitrogens with zero attached hydrogens (tertiary/aromatic N) is 2. The summed E-state index contributed by atoms with van der Waals surface area (Å²) in [6.07, 6.45) is 5.16. The molecule has 2 rings (SSSR count). The number of rotatable bonds is 9. The zero-order valence-electron chi connectivity index (χ0n) is 16.9. The van der Waals surface area contributed by atoms with E-state index < -0.39 is 0 Å². The minimum absolute atomic E-state index is 0. The van der Waals surface area contributed by atoms with Crippen molar-refractivity contribution in [3.8, 4) is 0 Å². The summed E-state index contributed by atoms with van der Waals surface area (Å²) in [5, 5.41) is 16.5. The van der Waals surface area contributed by atoms with Gasteiger partial charge in [0.2, 0.25) is 0 Å². The number of guanidine groups is 1. The molecule has 1 aliphatic rings. The van der Waals surface area contributed by atoms with E-state index in [9.17, 15) is 5.11 Å². The molecule has 1 fully saturated rings. The Labute approximate surface area is 182 Å². The first-order valence-electron chi connectivity index (χ1n) is 10.2. The lowest BCUT2D eigenvalue weighted by Crippen LogP contribution is -2.40. The summed E-state index contributed by atoms with van der Waals surface area (Å²) in [6.45, 7) is 10.0. The summed E-state index contributed by atoms with van der Waals surface area (Å²) in [6, 6.07) is 8.57. The van der Waals surface area contributed by atoms with Gasteiger partial charge in [-0.15, -0.1) is 24.0 Å². The van der Waals surface area contributed by atoms with Gasteiger partial charge in [0.1, 0.15) is 0 Å². The van der Waals surface area contributed by atoms with Crippen LogP contribution in [0.2, 0.25) is 0 Å². The Morgan fingerprint density at radius 1 is 1.11 bits per heavy atom. The van der Waals surface area contributed by atoms with E-state index in [1.54, 1.807) is 0 Å². The van der Waals surface area contributed by atoms with Crippen LogP contribution in [0.15, 0.2) is 29.3 Å². The minimum Gasteiger partial charge on any atom is -0.393 e. The van der Waals surface area contributed by atoms with Gasteiger partial charge in [0, 0.05) is 26.2 Å². The number of hydrogen-bond acceptors (Lipinski definition) is 3. The molecule has 0 radical (unpaired) electrons. The van der Waals surface area contributed by atoms with Gasteiger partial charge < -0.3 is 20.6 Å². The van der Waals surface area contributed by atoms with Gasteiger partial charge in [-0.25, -0.2) is 4.99 Å². The number of unbranched alkanes of at least 4 members (excludes halogenated alkanes) is 1. The number of piperidine rings is 1. The van der Waals surface area contributed by atoms with Crippen LogP contribution in [0.5, 0.6) is 0 Å². The van der Waals surface area contributed by atoms with Gasteiger partial charge in [0.25, 0.3) is 0 Å². The van der Waals surface area contributed by atoms with Gasteiger partial charge in [0.15, 0.2) is 5.96 Å². The van der Waals surface area contributed by atoms with Gasteiger partial charge in [-0.05, 0) is 44.7 Å². The van der Waals surface area contributed by atoms with Gasteiger partial charge in [-0.1, -0.05) is 43.2 Å². The van der Waals surface area contributed by atoms with E-state index in [1.165, 1.54) is 17.5 Å². The lowest BCUT2D eigenvalue weighted by molar-refractivity contribution is 0.0823. The first kappa shape index (κ1) is 24.2. The second kappa shape index (κ2) is 14.2. The molecule has 0 saturated carbocycles. The van der Waals surface area contributed by atoms with Crippen LogP contribution in [0.3, 0.4) is 0 Å². The third kappa shape index (κ3) is 10.3. The van der Waals surface area contributed by atoms with Crippen LogP contribution in [0.4, 0.5) is 0 Å². The number of nitrogens with one attached hydrogen (secondary N) is 2. The highest BCUT2D eigenvalue weighted by Gasteiger charge is 2.15. The van der Waals surface area contributed by atoms with Crippen molar-refractivity contribution in [2.75, 3.05) is 32.7 Å². The van der Waals surface area contributed by atoms with Crippen molar-refractivity contribution >= 4 is 29.9 Å². The molecule has 0 amide bonds. The molecule has 0 aliphatic carbocycles. The molecule has 1 aromatic carbocycles. The van der Waals surface area contributed by atoms with Crippen LogP contribution in [-0.2, 0) is 6.54 Å². The monoisotopic (exact) mass is 488 g/mol. The third-order valence-corrected chi connectivity index (χ3v) is 4.86. The second-order valence-corrected chi connectivity index (χ2v) is 7.28. The fraction of sp³-hybridized carbons (Fsp3) is 0.667. The average Bonchev–Trinajstić information content (AvgIpc) is 2.65. The molecule has 0 unspecified atom stereocenters. The molecule has 1 aromatic rings. The van der Waals surface area contributed by atoms with Crippen LogP contribution >= 0.6 is 24.0 Å². The number of aliphatic hydroxyl groups excluding tert-OH is 1. The Morgan fingerprint density at radius 3 is 2.37 bits per heavy atom. The maximum Gasteiger partial charge on any atom is 0.191 e. The SMILES string of the molecule is CCCCNC(=NCc1ccc(C)cc1)NCCCN1CCC(O)CC1.I. The molecule has 0 spiro atoms. The summed E-state index contributed by atoms with van der Waals surface area (Å²) in [4.78, 5) is 7.18. The third-order valence-electron chi connectivity index (χ3n) is 4.86. The molecule has 1 aliphatic heterocycles. The summed E-state index contributed by atoms with van der Waals surface area (Å²) in [7, 11) is 0. The number of halogens is 1. The zero-order valence-corrected chi connectivity index (χ0v) is 19.2. The molecule has 1 heterocycles. The molecule has 5 nitrogen and oxygen atoms in total. The summed E-state index contributed by atoms with van der Waals surface area (Å²) in [5.74, 6) is 0.910. The van der Waals surface area contributed by atoms with Crippen molar-refractivity contribution in [1.82, 2.24) is 15.5 Å². The molecule has 27 heavy (non-hydrogen) atoms. The predicted molar refractivity (Wildman–Crippen MR) is 125 cm³/mol.